The van der Waals surface area contributed by atoms with E-state index in [1.807, 2.05) is 4.90 Å². The summed E-state index contributed by atoms with van der Waals surface area (Å²) in [5.74, 6) is 0.380. The van der Waals surface area contributed by atoms with E-state index in [1.54, 1.807) is 19.1 Å². The van der Waals surface area contributed by atoms with Crippen LogP contribution in [0, 0.1) is 17.0 Å². The van der Waals surface area contributed by atoms with E-state index in [1.165, 1.54) is 6.07 Å². The monoisotopic (exact) mass is 260 g/mol. The Balaban J connectivity index is 1.95. The molecule has 0 saturated carbocycles. The van der Waals surface area contributed by atoms with Gasteiger partial charge in [0, 0.05) is 30.3 Å². The van der Waals surface area contributed by atoms with Crippen LogP contribution >= 0.6 is 0 Å². The Bertz CT molecular complexity index is 634. The smallest absolute Gasteiger partial charge is 0.324 e. The molecule has 1 fully saturated rings. The largest absolute Gasteiger partial charge is 0.324 e. The molecule has 1 aliphatic heterocycles. The first-order valence-corrected chi connectivity index (χ1v) is 5.99. The van der Waals surface area contributed by atoms with Gasteiger partial charge in [0.1, 0.15) is 0 Å². The molecule has 2 heterocycles. The molecule has 2 aromatic rings. The topological polar surface area (TPSA) is 85.3 Å². The van der Waals surface area contributed by atoms with Gasteiger partial charge in [-0.15, -0.1) is 0 Å². The van der Waals surface area contributed by atoms with Gasteiger partial charge < -0.3 is 9.42 Å². The molecule has 7 nitrogen and oxygen atoms in total. The maximum absolute atomic E-state index is 10.9. The van der Waals surface area contributed by atoms with Crippen molar-refractivity contribution in [2.24, 2.45) is 0 Å². The number of benzene rings is 1. The number of nitro groups is 1. The average molecular weight is 260 g/mol. The Morgan fingerprint density at radius 3 is 2.84 bits per heavy atom. The van der Waals surface area contributed by atoms with Crippen LogP contribution < -0.4 is 4.90 Å². The lowest BCUT2D eigenvalue weighted by Crippen LogP contribution is -2.37. The third-order valence-corrected chi connectivity index (χ3v) is 3.21. The Morgan fingerprint density at radius 1 is 1.42 bits per heavy atom. The number of nitro benzene ring substituents is 1. The fourth-order valence-electron chi connectivity index (χ4n) is 1.91. The molecule has 0 atom stereocenters. The van der Waals surface area contributed by atoms with E-state index in [-0.39, 0.29) is 5.69 Å². The van der Waals surface area contributed by atoms with Crippen LogP contribution in [0.3, 0.4) is 0 Å². The molecule has 0 bridgehead atoms. The molecular weight excluding hydrogens is 248 g/mol. The Labute approximate surface area is 109 Å². The minimum absolute atomic E-state index is 0.0628. The first kappa shape index (κ1) is 11.6. The fraction of sp³-hybridized carbons (Fsp3) is 0.333. The van der Waals surface area contributed by atoms with E-state index in [9.17, 15) is 10.1 Å². The van der Waals surface area contributed by atoms with E-state index < -0.39 is 4.92 Å². The molecule has 0 radical (unpaired) electrons. The fourth-order valence-corrected chi connectivity index (χ4v) is 1.91. The van der Waals surface area contributed by atoms with Crippen LogP contribution in [0.15, 0.2) is 22.7 Å². The Morgan fingerprint density at radius 2 is 2.21 bits per heavy atom. The van der Waals surface area contributed by atoms with Crippen LogP contribution in [0.1, 0.15) is 12.0 Å². The molecule has 1 aliphatic rings. The molecule has 98 valence electrons. The second kappa shape index (κ2) is 4.34. The summed E-state index contributed by atoms with van der Waals surface area (Å²) >= 11 is 0. The lowest BCUT2D eigenvalue weighted by Gasteiger charge is -2.28. The molecule has 0 unspecified atom stereocenters. The molecule has 1 aromatic carbocycles. The van der Waals surface area contributed by atoms with Gasteiger partial charge in [-0.3, -0.25) is 10.1 Å². The second-order valence-corrected chi connectivity index (χ2v) is 4.50. The highest BCUT2D eigenvalue weighted by atomic mass is 16.6. The minimum atomic E-state index is -0.407. The molecule has 7 heteroatoms. The van der Waals surface area contributed by atoms with Crippen molar-refractivity contribution in [1.82, 2.24) is 10.1 Å². The van der Waals surface area contributed by atoms with Crippen LogP contribution in [0.2, 0.25) is 0 Å². The molecular formula is C12H12N4O3. The van der Waals surface area contributed by atoms with Crippen LogP contribution in [0.5, 0.6) is 0 Å². The Kier molecular flexibility index (Phi) is 2.66. The van der Waals surface area contributed by atoms with Crippen molar-refractivity contribution in [1.29, 1.82) is 0 Å². The lowest BCUT2D eigenvalue weighted by molar-refractivity contribution is -0.385. The highest BCUT2D eigenvalue weighted by Crippen LogP contribution is 2.27. The maximum Gasteiger partial charge on any atom is 0.324 e. The minimum Gasteiger partial charge on any atom is -0.324 e. The highest BCUT2D eigenvalue weighted by molar-refractivity contribution is 5.61. The zero-order valence-electron chi connectivity index (χ0n) is 10.4. The number of aromatic nitrogens is 2. The summed E-state index contributed by atoms with van der Waals surface area (Å²) in [7, 11) is 0. The van der Waals surface area contributed by atoms with Crippen molar-refractivity contribution in [3.63, 3.8) is 0 Å². The molecule has 19 heavy (non-hydrogen) atoms. The van der Waals surface area contributed by atoms with Gasteiger partial charge in [-0.2, -0.15) is 4.98 Å². The summed E-state index contributed by atoms with van der Waals surface area (Å²) < 4.78 is 5.15. The lowest BCUT2D eigenvalue weighted by atomic mass is 10.1. The third-order valence-electron chi connectivity index (χ3n) is 3.21. The molecule has 3 rings (SSSR count). The first-order chi connectivity index (χ1) is 9.15. The number of hydrogen-bond donors (Lipinski definition) is 0. The van der Waals surface area contributed by atoms with Gasteiger partial charge in [-0.1, -0.05) is 17.3 Å². The van der Waals surface area contributed by atoms with Crippen molar-refractivity contribution in [2.75, 3.05) is 18.0 Å². The van der Waals surface area contributed by atoms with Gasteiger partial charge >= 0.3 is 6.01 Å². The summed E-state index contributed by atoms with van der Waals surface area (Å²) in [6, 6.07) is 5.39. The zero-order valence-corrected chi connectivity index (χ0v) is 10.4. The van der Waals surface area contributed by atoms with Crippen molar-refractivity contribution in [3.05, 3.63) is 33.9 Å². The second-order valence-electron chi connectivity index (χ2n) is 4.50. The summed E-state index contributed by atoms with van der Waals surface area (Å²) in [5, 5.41) is 14.8. The normalized spacial score (nSPS) is 14.3. The van der Waals surface area contributed by atoms with E-state index >= 15 is 0 Å². The van der Waals surface area contributed by atoms with E-state index in [0.29, 0.717) is 23.0 Å². The van der Waals surface area contributed by atoms with Crippen molar-refractivity contribution in [2.45, 2.75) is 13.3 Å². The molecule has 1 saturated heterocycles. The van der Waals surface area contributed by atoms with E-state index in [0.717, 1.165) is 19.5 Å². The van der Waals surface area contributed by atoms with Gasteiger partial charge in [0.05, 0.1) is 4.92 Å². The number of hydrogen-bond acceptors (Lipinski definition) is 6. The number of aryl methyl sites for hydroxylation is 1. The number of nitrogens with zero attached hydrogens (tertiary/aromatic N) is 4. The van der Waals surface area contributed by atoms with Gasteiger partial charge in [-0.25, -0.2) is 0 Å². The van der Waals surface area contributed by atoms with E-state index in [4.69, 9.17) is 4.52 Å². The summed E-state index contributed by atoms with van der Waals surface area (Å²) in [4.78, 5) is 16.7. The SMILES string of the molecule is Cc1ccc(-c2noc(N3CCC3)n2)cc1[N+](=O)[O-]. The van der Waals surface area contributed by atoms with Crippen molar-refractivity contribution in [3.8, 4) is 11.4 Å². The molecule has 0 aliphatic carbocycles. The van der Waals surface area contributed by atoms with Crippen LogP contribution in [-0.2, 0) is 0 Å². The summed E-state index contributed by atoms with van der Waals surface area (Å²) in [6.45, 7) is 3.52. The van der Waals surface area contributed by atoms with Crippen molar-refractivity contribution < 1.29 is 9.45 Å². The van der Waals surface area contributed by atoms with Crippen LogP contribution in [-0.4, -0.2) is 28.2 Å². The van der Waals surface area contributed by atoms with Crippen LogP contribution in [0.25, 0.3) is 11.4 Å². The quantitative estimate of drug-likeness (QED) is 0.621. The predicted molar refractivity (Wildman–Crippen MR) is 68.0 cm³/mol. The third kappa shape index (κ3) is 2.03. The number of rotatable bonds is 3. The average Bonchev–Trinajstić information content (AvgIpc) is 2.76. The molecule has 0 amide bonds. The Hall–Kier alpha value is -2.44. The zero-order chi connectivity index (χ0) is 13.4. The van der Waals surface area contributed by atoms with Gasteiger partial charge in [0.15, 0.2) is 0 Å². The van der Waals surface area contributed by atoms with Gasteiger partial charge in [0.25, 0.3) is 5.69 Å². The standard InChI is InChI=1S/C12H12N4O3/c1-8-3-4-9(7-10(8)16(17)18)11-13-12(19-14-11)15-5-2-6-15/h3-4,7H,2,5-6H2,1H3. The van der Waals surface area contributed by atoms with Crippen LogP contribution in [0.4, 0.5) is 11.7 Å². The summed E-state index contributed by atoms with van der Waals surface area (Å²) in [6.07, 6.45) is 1.12. The maximum atomic E-state index is 10.9. The molecule has 0 spiro atoms. The molecule has 1 aromatic heterocycles. The summed E-state index contributed by atoms with van der Waals surface area (Å²) in [5.41, 5.74) is 1.26. The molecule has 0 N–H and O–H groups in total. The van der Waals surface area contributed by atoms with Gasteiger partial charge in [-0.05, 0) is 13.3 Å². The van der Waals surface area contributed by atoms with Gasteiger partial charge in [0.2, 0.25) is 5.82 Å². The predicted octanol–water partition coefficient (Wildman–Crippen LogP) is 2.16. The highest BCUT2D eigenvalue weighted by Gasteiger charge is 2.22. The number of anilines is 1. The van der Waals surface area contributed by atoms with Crippen molar-refractivity contribution >= 4 is 11.7 Å². The van der Waals surface area contributed by atoms with E-state index in [2.05, 4.69) is 10.1 Å². The first-order valence-electron chi connectivity index (χ1n) is 5.99.